The molecule has 0 amide bonds. The van der Waals surface area contributed by atoms with Crippen LogP contribution in [-0.2, 0) is 13.2 Å². The summed E-state index contributed by atoms with van der Waals surface area (Å²) in [6.45, 7) is 0.960. The predicted molar refractivity (Wildman–Crippen MR) is 79.4 cm³/mol. The van der Waals surface area contributed by atoms with Gasteiger partial charge in [-0.2, -0.15) is 0 Å². The Morgan fingerprint density at radius 2 is 2.00 bits per heavy atom. The molecular formula is C15H16BrNO2. The summed E-state index contributed by atoms with van der Waals surface area (Å²) in [7, 11) is 1.65. The molecule has 0 atom stereocenters. The quantitative estimate of drug-likeness (QED) is 0.916. The fourth-order valence-electron chi connectivity index (χ4n) is 1.80. The predicted octanol–water partition coefficient (Wildman–Crippen LogP) is 3.50. The molecule has 0 unspecified atom stereocenters. The summed E-state index contributed by atoms with van der Waals surface area (Å²) in [6, 6.07) is 13.7. The van der Waals surface area contributed by atoms with E-state index in [1.807, 2.05) is 42.5 Å². The van der Waals surface area contributed by atoms with E-state index in [1.54, 1.807) is 7.11 Å². The molecular weight excluding hydrogens is 306 g/mol. The zero-order chi connectivity index (χ0) is 13.7. The highest BCUT2D eigenvalue weighted by Crippen LogP contribution is 2.22. The first-order valence-electron chi connectivity index (χ1n) is 5.97. The highest BCUT2D eigenvalue weighted by molar-refractivity contribution is 9.10. The van der Waals surface area contributed by atoms with Crippen LogP contribution in [0, 0.1) is 0 Å². The maximum Gasteiger partial charge on any atom is 0.123 e. The molecule has 2 aromatic carbocycles. The molecule has 0 saturated heterocycles. The van der Waals surface area contributed by atoms with E-state index in [9.17, 15) is 0 Å². The fraction of sp³-hybridized carbons (Fsp3) is 0.200. The lowest BCUT2D eigenvalue weighted by Crippen LogP contribution is -2.02. The Hall–Kier alpha value is -1.52. The van der Waals surface area contributed by atoms with Gasteiger partial charge < -0.3 is 15.2 Å². The summed E-state index contributed by atoms with van der Waals surface area (Å²) in [5.41, 5.74) is 7.75. The van der Waals surface area contributed by atoms with Gasteiger partial charge in [-0.1, -0.05) is 28.1 Å². The maximum absolute atomic E-state index is 5.73. The molecule has 100 valence electrons. The molecule has 2 N–H and O–H groups in total. The Labute approximate surface area is 121 Å². The van der Waals surface area contributed by atoms with E-state index in [0.717, 1.165) is 27.1 Å². The number of hydrogen-bond acceptors (Lipinski definition) is 3. The standard InChI is InChI=1S/C15H16BrNO2/c1-18-15-6-5-11(7-12(15)9-17)10-19-14-4-2-3-13(16)8-14/h2-8H,9-10,17H2,1H3. The topological polar surface area (TPSA) is 44.5 Å². The van der Waals surface area contributed by atoms with E-state index in [0.29, 0.717) is 13.2 Å². The van der Waals surface area contributed by atoms with Crippen molar-refractivity contribution in [3.05, 3.63) is 58.1 Å². The minimum Gasteiger partial charge on any atom is -0.496 e. The van der Waals surface area contributed by atoms with Crippen LogP contribution in [0.3, 0.4) is 0 Å². The first kappa shape index (κ1) is 13.9. The number of methoxy groups -OCH3 is 1. The van der Waals surface area contributed by atoms with Crippen LogP contribution in [0.4, 0.5) is 0 Å². The number of rotatable bonds is 5. The van der Waals surface area contributed by atoms with Gasteiger partial charge in [-0.05, 0) is 35.9 Å². The lowest BCUT2D eigenvalue weighted by molar-refractivity contribution is 0.305. The van der Waals surface area contributed by atoms with Crippen molar-refractivity contribution in [2.45, 2.75) is 13.2 Å². The van der Waals surface area contributed by atoms with Crippen molar-refractivity contribution >= 4 is 15.9 Å². The van der Waals surface area contributed by atoms with Crippen molar-refractivity contribution in [1.29, 1.82) is 0 Å². The molecule has 0 aromatic heterocycles. The molecule has 4 heteroatoms. The number of halogens is 1. The number of benzene rings is 2. The minimum absolute atomic E-state index is 0.452. The van der Waals surface area contributed by atoms with Crippen molar-refractivity contribution in [1.82, 2.24) is 0 Å². The van der Waals surface area contributed by atoms with E-state index in [-0.39, 0.29) is 0 Å². The third kappa shape index (κ3) is 3.72. The minimum atomic E-state index is 0.452. The second-order valence-corrected chi connectivity index (χ2v) is 5.01. The van der Waals surface area contributed by atoms with Crippen molar-refractivity contribution in [3.8, 4) is 11.5 Å². The molecule has 0 saturated carbocycles. The number of hydrogen-bond donors (Lipinski definition) is 1. The Morgan fingerprint density at radius 1 is 1.16 bits per heavy atom. The van der Waals surface area contributed by atoms with Gasteiger partial charge in [0.25, 0.3) is 0 Å². The smallest absolute Gasteiger partial charge is 0.123 e. The Kier molecular flexibility index (Phi) is 4.82. The summed E-state index contributed by atoms with van der Waals surface area (Å²) in [5, 5.41) is 0. The Morgan fingerprint density at radius 3 is 2.68 bits per heavy atom. The molecule has 0 bridgehead atoms. The normalized spacial score (nSPS) is 10.3. The van der Waals surface area contributed by atoms with Crippen molar-refractivity contribution in [2.75, 3.05) is 7.11 Å². The van der Waals surface area contributed by atoms with Gasteiger partial charge in [0.15, 0.2) is 0 Å². The molecule has 3 nitrogen and oxygen atoms in total. The zero-order valence-electron chi connectivity index (χ0n) is 10.7. The third-order valence-corrected chi connectivity index (χ3v) is 3.26. The molecule has 0 aliphatic heterocycles. The Bertz CT molecular complexity index is 558. The van der Waals surface area contributed by atoms with Crippen LogP contribution in [-0.4, -0.2) is 7.11 Å². The van der Waals surface area contributed by atoms with E-state index >= 15 is 0 Å². The molecule has 0 fully saturated rings. The van der Waals surface area contributed by atoms with E-state index in [1.165, 1.54) is 0 Å². The molecule has 0 spiro atoms. The molecule has 0 aliphatic carbocycles. The summed E-state index contributed by atoms with van der Waals surface area (Å²) < 4.78 is 12.0. The van der Waals surface area contributed by atoms with Crippen LogP contribution < -0.4 is 15.2 Å². The third-order valence-electron chi connectivity index (χ3n) is 2.77. The second-order valence-electron chi connectivity index (χ2n) is 4.10. The van der Waals surface area contributed by atoms with Gasteiger partial charge in [-0.3, -0.25) is 0 Å². The molecule has 2 rings (SSSR count). The monoisotopic (exact) mass is 321 g/mol. The van der Waals surface area contributed by atoms with E-state index < -0.39 is 0 Å². The van der Waals surface area contributed by atoms with Crippen LogP contribution in [0.15, 0.2) is 46.9 Å². The van der Waals surface area contributed by atoms with Gasteiger partial charge in [0.2, 0.25) is 0 Å². The summed E-state index contributed by atoms with van der Waals surface area (Å²) >= 11 is 3.42. The molecule has 19 heavy (non-hydrogen) atoms. The summed E-state index contributed by atoms with van der Waals surface area (Å²) in [5.74, 6) is 1.65. The highest BCUT2D eigenvalue weighted by Gasteiger charge is 2.03. The SMILES string of the molecule is COc1ccc(COc2cccc(Br)c2)cc1CN. The maximum atomic E-state index is 5.73. The first-order valence-corrected chi connectivity index (χ1v) is 6.76. The van der Waals surface area contributed by atoms with Crippen LogP contribution >= 0.6 is 15.9 Å². The number of nitrogens with two attached hydrogens (primary N) is 1. The molecule has 0 radical (unpaired) electrons. The molecule has 0 heterocycles. The van der Waals surface area contributed by atoms with Gasteiger partial charge in [0.05, 0.1) is 7.11 Å². The average Bonchev–Trinajstić information content (AvgIpc) is 2.45. The highest BCUT2D eigenvalue weighted by atomic mass is 79.9. The molecule has 0 aliphatic rings. The largest absolute Gasteiger partial charge is 0.496 e. The van der Waals surface area contributed by atoms with Gasteiger partial charge in [0.1, 0.15) is 18.1 Å². The molecule has 2 aromatic rings. The van der Waals surface area contributed by atoms with Gasteiger partial charge in [-0.15, -0.1) is 0 Å². The lowest BCUT2D eigenvalue weighted by Gasteiger charge is -2.10. The van der Waals surface area contributed by atoms with Crippen LogP contribution in [0.5, 0.6) is 11.5 Å². The lowest BCUT2D eigenvalue weighted by atomic mass is 10.1. The number of ether oxygens (including phenoxy) is 2. The second kappa shape index (κ2) is 6.59. The van der Waals surface area contributed by atoms with E-state index in [4.69, 9.17) is 15.2 Å². The summed E-state index contributed by atoms with van der Waals surface area (Å²) in [6.07, 6.45) is 0. The van der Waals surface area contributed by atoms with Crippen LogP contribution in [0.1, 0.15) is 11.1 Å². The van der Waals surface area contributed by atoms with Crippen LogP contribution in [0.25, 0.3) is 0 Å². The van der Waals surface area contributed by atoms with Gasteiger partial charge >= 0.3 is 0 Å². The fourth-order valence-corrected chi connectivity index (χ4v) is 2.18. The van der Waals surface area contributed by atoms with Gasteiger partial charge in [-0.25, -0.2) is 0 Å². The summed E-state index contributed by atoms with van der Waals surface area (Å²) in [4.78, 5) is 0. The Balaban J connectivity index is 2.07. The van der Waals surface area contributed by atoms with Gasteiger partial charge in [0, 0.05) is 16.6 Å². The van der Waals surface area contributed by atoms with E-state index in [2.05, 4.69) is 15.9 Å². The van der Waals surface area contributed by atoms with Crippen molar-refractivity contribution in [2.24, 2.45) is 5.73 Å². The van der Waals surface area contributed by atoms with Crippen molar-refractivity contribution < 1.29 is 9.47 Å². The average molecular weight is 322 g/mol. The zero-order valence-corrected chi connectivity index (χ0v) is 12.3. The first-order chi connectivity index (χ1) is 9.22. The van der Waals surface area contributed by atoms with Crippen LogP contribution in [0.2, 0.25) is 0 Å². The van der Waals surface area contributed by atoms with Crippen molar-refractivity contribution in [3.63, 3.8) is 0 Å².